The normalized spacial score (nSPS) is 13.3. The molecule has 3 atom stereocenters. The van der Waals surface area contributed by atoms with Crippen LogP contribution in [0.1, 0.15) is 48.2 Å². The minimum atomic E-state index is -0.778. The van der Waals surface area contributed by atoms with Crippen molar-refractivity contribution >= 4 is 12.1 Å². The number of aliphatic hydroxyl groups excluding tert-OH is 1. The lowest BCUT2D eigenvalue weighted by atomic mass is 9.99. The van der Waals surface area contributed by atoms with E-state index < -0.39 is 6.10 Å². The fourth-order valence-electron chi connectivity index (χ4n) is 4.96. The minimum Gasteiger partial charge on any atom is -0.497 e. The van der Waals surface area contributed by atoms with Crippen LogP contribution in [0.25, 0.3) is 0 Å². The number of rotatable bonds is 14. The number of methoxy groups -OCH3 is 1. The Labute approximate surface area is 237 Å². The Balaban J connectivity index is 1.54. The first-order valence-electron chi connectivity index (χ1n) is 13.6. The Morgan fingerprint density at radius 1 is 0.850 bits per heavy atom. The summed E-state index contributed by atoms with van der Waals surface area (Å²) in [4.78, 5) is 13.7. The fraction of sp³-hybridized carbons (Fsp3) is 0.265. The van der Waals surface area contributed by atoms with E-state index in [1.165, 1.54) is 11.1 Å². The van der Waals surface area contributed by atoms with E-state index in [4.69, 9.17) is 9.47 Å². The molecule has 0 heterocycles. The topological polar surface area (TPSA) is 71.0 Å². The molecule has 1 amide bonds. The number of amides is 1. The van der Waals surface area contributed by atoms with Gasteiger partial charge in [-0.05, 0) is 66.8 Å². The van der Waals surface area contributed by atoms with Gasteiger partial charge < -0.3 is 19.9 Å². The highest BCUT2D eigenvalue weighted by Gasteiger charge is 2.25. The second kappa shape index (κ2) is 14.3. The van der Waals surface area contributed by atoms with Gasteiger partial charge in [0.15, 0.2) is 0 Å². The van der Waals surface area contributed by atoms with Crippen molar-refractivity contribution in [2.24, 2.45) is 0 Å². The zero-order chi connectivity index (χ0) is 28.3. The van der Waals surface area contributed by atoms with Gasteiger partial charge in [0.2, 0.25) is 6.41 Å². The number of carbonyl (C=O) groups excluding carboxylic acids is 1. The molecular formula is C34H38N2O4. The number of carbonyl (C=O) groups is 1. The van der Waals surface area contributed by atoms with Crippen LogP contribution >= 0.6 is 0 Å². The van der Waals surface area contributed by atoms with E-state index in [0.29, 0.717) is 36.6 Å². The molecule has 6 heteroatoms. The average molecular weight is 539 g/mol. The quantitative estimate of drug-likeness (QED) is 0.178. The maximum absolute atomic E-state index is 11.4. The van der Waals surface area contributed by atoms with Crippen LogP contribution < -0.4 is 14.8 Å². The molecule has 0 aliphatic heterocycles. The molecule has 0 radical (unpaired) electrons. The highest BCUT2D eigenvalue weighted by atomic mass is 16.5. The molecular weight excluding hydrogens is 500 g/mol. The third kappa shape index (κ3) is 7.72. The monoisotopic (exact) mass is 538 g/mol. The second-order valence-corrected chi connectivity index (χ2v) is 9.99. The summed E-state index contributed by atoms with van der Waals surface area (Å²) >= 11 is 0. The summed E-state index contributed by atoms with van der Waals surface area (Å²) in [5.74, 6) is 1.38. The van der Waals surface area contributed by atoms with Gasteiger partial charge in [0.05, 0.1) is 18.9 Å². The molecule has 4 aromatic carbocycles. The van der Waals surface area contributed by atoms with Crippen LogP contribution in [-0.4, -0.2) is 36.1 Å². The van der Waals surface area contributed by atoms with Crippen molar-refractivity contribution in [2.75, 3.05) is 19.0 Å². The predicted octanol–water partition coefficient (Wildman–Crippen LogP) is 6.57. The first-order chi connectivity index (χ1) is 19.5. The maximum Gasteiger partial charge on any atom is 0.211 e. The van der Waals surface area contributed by atoms with Crippen molar-refractivity contribution in [2.45, 2.75) is 45.1 Å². The molecule has 0 aromatic heterocycles. The molecule has 1 unspecified atom stereocenters. The summed E-state index contributed by atoms with van der Waals surface area (Å²) in [6.07, 6.45) is 0.666. The number of nitrogens with zero attached hydrogens (tertiary/aromatic N) is 1. The van der Waals surface area contributed by atoms with Crippen LogP contribution in [0.4, 0.5) is 5.69 Å². The minimum absolute atomic E-state index is 0.0742. The van der Waals surface area contributed by atoms with Gasteiger partial charge in [-0.15, -0.1) is 0 Å². The Kier molecular flexibility index (Phi) is 10.3. The smallest absolute Gasteiger partial charge is 0.211 e. The number of aliphatic hydroxyl groups is 1. The Morgan fingerprint density at radius 3 is 2.17 bits per heavy atom. The number of ether oxygens (including phenoxy) is 2. The van der Waals surface area contributed by atoms with Gasteiger partial charge in [-0.2, -0.15) is 0 Å². The Morgan fingerprint density at radius 2 is 1.52 bits per heavy atom. The van der Waals surface area contributed by atoms with Crippen molar-refractivity contribution in [3.8, 4) is 11.5 Å². The van der Waals surface area contributed by atoms with E-state index in [1.807, 2.05) is 66.7 Å². The van der Waals surface area contributed by atoms with E-state index in [9.17, 15) is 9.90 Å². The number of anilines is 1. The summed E-state index contributed by atoms with van der Waals surface area (Å²) in [7, 11) is 1.67. The van der Waals surface area contributed by atoms with Gasteiger partial charge in [-0.3, -0.25) is 9.69 Å². The summed E-state index contributed by atoms with van der Waals surface area (Å²) < 4.78 is 11.3. The van der Waals surface area contributed by atoms with Gasteiger partial charge in [-0.25, -0.2) is 0 Å². The molecule has 0 bridgehead atoms. The van der Waals surface area contributed by atoms with Gasteiger partial charge >= 0.3 is 0 Å². The number of hydrogen-bond donors (Lipinski definition) is 2. The van der Waals surface area contributed by atoms with Crippen LogP contribution in [-0.2, 0) is 17.8 Å². The lowest BCUT2D eigenvalue weighted by Gasteiger charge is -2.36. The van der Waals surface area contributed by atoms with Crippen molar-refractivity contribution in [3.63, 3.8) is 0 Å². The molecule has 4 rings (SSSR count). The van der Waals surface area contributed by atoms with Crippen LogP contribution in [0.5, 0.6) is 11.5 Å². The van der Waals surface area contributed by atoms with Crippen LogP contribution in [0, 0.1) is 0 Å². The van der Waals surface area contributed by atoms with Crippen LogP contribution in [0.2, 0.25) is 0 Å². The molecule has 0 spiro atoms. The third-order valence-electron chi connectivity index (χ3n) is 7.26. The summed E-state index contributed by atoms with van der Waals surface area (Å²) in [5, 5.41) is 14.2. The number of nitrogens with one attached hydrogen (secondary N) is 1. The summed E-state index contributed by atoms with van der Waals surface area (Å²) in [6.45, 7) is 5.16. The standard InChI is InChI=1S/C34H38N2O4/c1-25(20-27-14-17-31(39-3)18-15-27)36(26(2)29-12-8-5-9-13-29)22-33(38)30-16-19-34(32(21-30)35-24-37)40-23-28-10-6-4-7-11-28/h4-19,21,24-26,33,38H,20,22-23H2,1-3H3,(H,35,37)/t25-,26?,33+/m1/s1. The molecule has 0 aliphatic rings. The van der Waals surface area contributed by atoms with E-state index >= 15 is 0 Å². The van der Waals surface area contributed by atoms with Crippen molar-refractivity contribution in [1.29, 1.82) is 0 Å². The van der Waals surface area contributed by atoms with Crippen molar-refractivity contribution in [1.82, 2.24) is 4.90 Å². The van der Waals surface area contributed by atoms with E-state index in [1.54, 1.807) is 19.2 Å². The first kappa shape index (κ1) is 28.9. The van der Waals surface area contributed by atoms with Crippen LogP contribution in [0.15, 0.2) is 103 Å². The maximum atomic E-state index is 11.4. The van der Waals surface area contributed by atoms with Crippen molar-refractivity contribution in [3.05, 3.63) is 125 Å². The Hall–Kier alpha value is -4.13. The summed E-state index contributed by atoms with van der Waals surface area (Å²) in [6, 6.07) is 34.0. The number of hydrogen-bond acceptors (Lipinski definition) is 5. The molecule has 4 aromatic rings. The first-order valence-corrected chi connectivity index (χ1v) is 13.6. The van der Waals surface area contributed by atoms with Crippen molar-refractivity contribution < 1.29 is 19.4 Å². The lowest BCUT2D eigenvalue weighted by molar-refractivity contribution is -0.105. The van der Waals surface area contributed by atoms with Gasteiger partial charge in [-0.1, -0.05) is 78.9 Å². The predicted molar refractivity (Wildman–Crippen MR) is 160 cm³/mol. The molecule has 208 valence electrons. The molecule has 0 saturated heterocycles. The highest BCUT2D eigenvalue weighted by molar-refractivity contribution is 5.76. The van der Waals surface area contributed by atoms with E-state index in [-0.39, 0.29) is 12.1 Å². The highest BCUT2D eigenvalue weighted by Crippen LogP contribution is 2.32. The third-order valence-corrected chi connectivity index (χ3v) is 7.26. The van der Waals surface area contributed by atoms with E-state index in [0.717, 1.165) is 17.7 Å². The Bertz CT molecular complexity index is 1330. The molecule has 0 fully saturated rings. The second-order valence-electron chi connectivity index (χ2n) is 9.99. The molecule has 0 aliphatic carbocycles. The lowest BCUT2D eigenvalue weighted by Crippen LogP contribution is -2.39. The SMILES string of the molecule is COc1ccc(C[C@@H](C)N(C[C@H](O)c2ccc(OCc3ccccc3)c(NC=O)c2)C(C)c2ccccc2)cc1. The van der Waals surface area contributed by atoms with Gasteiger partial charge in [0.25, 0.3) is 0 Å². The molecule has 40 heavy (non-hydrogen) atoms. The zero-order valence-electron chi connectivity index (χ0n) is 23.4. The average Bonchev–Trinajstić information content (AvgIpc) is 3.00. The zero-order valence-corrected chi connectivity index (χ0v) is 23.4. The van der Waals surface area contributed by atoms with Gasteiger partial charge in [0, 0.05) is 18.6 Å². The molecule has 6 nitrogen and oxygen atoms in total. The van der Waals surface area contributed by atoms with Crippen LogP contribution in [0.3, 0.4) is 0 Å². The molecule has 0 saturated carbocycles. The summed E-state index contributed by atoms with van der Waals surface area (Å²) in [5.41, 5.74) is 4.64. The molecule has 2 N–H and O–H groups in total. The number of benzene rings is 4. The van der Waals surface area contributed by atoms with E-state index in [2.05, 4.69) is 48.3 Å². The van der Waals surface area contributed by atoms with Gasteiger partial charge in [0.1, 0.15) is 18.1 Å². The fourth-order valence-corrected chi connectivity index (χ4v) is 4.96. The largest absolute Gasteiger partial charge is 0.497 e.